The minimum absolute atomic E-state index is 0.126. The zero-order chi connectivity index (χ0) is 13.1. The van der Waals surface area contributed by atoms with Gasteiger partial charge in [-0.1, -0.05) is 29.3 Å². The van der Waals surface area contributed by atoms with Crippen molar-refractivity contribution in [1.29, 1.82) is 0 Å². The fourth-order valence-corrected chi connectivity index (χ4v) is 2.17. The molecule has 2 aromatic rings. The number of H-pyrrole nitrogens is 1. The SMILES string of the molecule is CCCC(N)c1ncc(-c2cc(Br)ccc2F)[nH]1. The smallest absolute Gasteiger partial charge is 0.132 e. The van der Waals surface area contributed by atoms with Crippen LogP contribution >= 0.6 is 15.9 Å². The molecule has 0 radical (unpaired) electrons. The molecule has 1 atom stereocenters. The summed E-state index contributed by atoms with van der Waals surface area (Å²) in [6, 6.07) is 4.68. The molecule has 2 rings (SSSR count). The van der Waals surface area contributed by atoms with Crippen LogP contribution in [0, 0.1) is 5.82 Å². The molecule has 0 saturated heterocycles. The summed E-state index contributed by atoms with van der Waals surface area (Å²) in [7, 11) is 0. The van der Waals surface area contributed by atoms with E-state index in [9.17, 15) is 4.39 Å². The van der Waals surface area contributed by atoms with Gasteiger partial charge in [0.05, 0.1) is 17.9 Å². The predicted molar refractivity (Wildman–Crippen MR) is 73.5 cm³/mol. The van der Waals surface area contributed by atoms with Crippen LogP contribution in [0.5, 0.6) is 0 Å². The Morgan fingerprint density at radius 2 is 2.28 bits per heavy atom. The van der Waals surface area contributed by atoms with Gasteiger partial charge in [-0.2, -0.15) is 0 Å². The highest BCUT2D eigenvalue weighted by Crippen LogP contribution is 2.26. The second-order valence-electron chi connectivity index (χ2n) is 4.20. The minimum Gasteiger partial charge on any atom is -0.341 e. The van der Waals surface area contributed by atoms with Crippen molar-refractivity contribution in [1.82, 2.24) is 9.97 Å². The summed E-state index contributed by atoms with van der Waals surface area (Å²) in [5.74, 6) is 0.420. The number of nitrogens with one attached hydrogen (secondary N) is 1. The molecule has 0 fully saturated rings. The Morgan fingerprint density at radius 3 is 3.00 bits per heavy atom. The van der Waals surface area contributed by atoms with Crippen molar-refractivity contribution < 1.29 is 4.39 Å². The van der Waals surface area contributed by atoms with Crippen molar-refractivity contribution in [2.75, 3.05) is 0 Å². The molecule has 0 amide bonds. The first-order chi connectivity index (χ1) is 8.61. The van der Waals surface area contributed by atoms with E-state index >= 15 is 0 Å². The van der Waals surface area contributed by atoms with Gasteiger partial charge in [0, 0.05) is 10.0 Å². The molecule has 3 nitrogen and oxygen atoms in total. The van der Waals surface area contributed by atoms with Crippen LogP contribution < -0.4 is 5.73 Å². The highest BCUT2D eigenvalue weighted by atomic mass is 79.9. The predicted octanol–water partition coefficient (Wildman–Crippen LogP) is 3.78. The molecule has 1 heterocycles. The van der Waals surface area contributed by atoms with Gasteiger partial charge in [-0.15, -0.1) is 0 Å². The Morgan fingerprint density at radius 1 is 1.50 bits per heavy atom. The van der Waals surface area contributed by atoms with Crippen molar-refractivity contribution >= 4 is 15.9 Å². The number of benzene rings is 1. The molecule has 0 aliphatic rings. The van der Waals surface area contributed by atoms with Gasteiger partial charge in [-0.3, -0.25) is 0 Å². The lowest BCUT2D eigenvalue weighted by Crippen LogP contribution is -2.11. The van der Waals surface area contributed by atoms with Crippen molar-refractivity contribution in [3.63, 3.8) is 0 Å². The molecule has 0 spiro atoms. The maximum absolute atomic E-state index is 13.7. The van der Waals surface area contributed by atoms with E-state index in [-0.39, 0.29) is 11.9 Å². The van der Waals surface area contributed by atoms with Gasteiger partial charge in [-0.25, -0.2) is 9.37 Å². The van der Waals surface area contributed by atoms with E-state index in [1.165, 1.54) is 6.07 Å². The van der Waals surface area contributed by atoms with Crippen LogP contribution in [0.2, 0.25) is 0 Å². The van der Waals surface area contributed by atoms with Crippen LogP contribution in [0.15, 0.2) is 28.9 Å². The zero-order valence-corrected chi connectivity index (χ0v) is 11.7. The Labute approximate surface area is 114 Å². The van der Waals surface area contributed by atoms with Crippen LogP contribution in [0.1, 0.15) is 31.6 Å². The van der Waals surface area contributed by atoms with E-state index < -0.39 is 0 Å². The average Bonchev–Trinajstić information content (AvgIpc) is 2.82. The van der Waals surface area contributed by atoms with Crippen LogP contribution in [0.25, 0.3) is 11.3 Å². The maximum Gasteiger partial charge on any atom is 0.132 e. The fraction of sp³-hybridized carbons (Fsp3) is 0.308. The first kappa shape index (κ1) is 13.2. The number of rotatable bonds is 4. The number of aromatic amines is 1. The first-order valence-corrected chi connectivity index (χ1v) is 6.67. The van der Waals surface area contributed by atoms with Gasteiger partial charge < -0.3 is 10.7 Å². The van der Waals surface area contributed by atoms with Gasteiger partial charge >= 0.3 is 0 Å². The number of hydrogen-bond donors (Lipinski definition) is 2. The fourth-order valence-electron chi connectivity index (χ4n) is 1.81. The third-order valence-electron chi connectivity index (χ3n) is 2.76. The maximum atomic E-state index is 13.7. The first-order valence-electron chi connectivity index (χ1n) is 5.87. The van der Waals surface area contributed by atoms with Crippen LogP contribution in [-0.2, 0) is 0 Å². The number of nitrogens with zero attached hydrogens (tertiary/aromatic N) is 1. The Balaban J connectivity index is 2.32. The summed E-state index contributed by atoms with van der Waals surface area (Å²) in [4.78, 5) is 7.30. The molecule has 5 heteroatoms. The molecule has 1 aromatic carbocycles. The van der Waals surface area contributed by atoms with Crippen LogP contribution in [0.3, 0.4) is 0 Å². The molecule has 0 saturated carbocycles. The van der Waals surface area contributed by atoms with Crippen LogP contribution in [-0.4, -0.2) is 9.97 Å². The summed E-state index contributed by atoms with van der Waals surface area (Å²) < 4.78 is 14.5. The lowest BCUT2D eigenvalue weighted by atomic mass is 10.1. The van der Waals surface area contributed by atoms with Crippen molar-refractivity contribution in [3.8, 4) is 11.3 Å². The van der Waals surface area contributed by atoms with Gasteiger partial charge in [0.2, 0.25) is 0 Å². The monoisotopic (exact) mass is 311 g/mol. The number of imidazole rings is 1. The topological polar surface area (TPSA) is 54.7 Å². The van der Waals surface area contributed by atoms with E-state index in [1.54, 1.807) is 18.3 Å². The standard InChI is InChI=1S/C13H15BrFN3/c1-2-3-11(16)13-17-7-12(18-13)9-6-8(14)4-5-10(9)15/h4-7,11H,2-3,16H2,1H3,(H,17,18). The molecule has 18 heavy (non-hydrogen) atoms. The van der Waals surface area contributed by atoms with Gasteiger partial charge in [-0.05, 0) is 24.6 Å². The number of halogens is 2. The normalized spacial score (nSPS) is 12.7. The third kappa shape index (κ3) is 2.79. The third-order valence-corrected chi connectivity index (χ3v) is 3.26. The van der Waals surface area contributed by atoms with Gasteiger partial charge in [0.25, 0.3) is 0 Å². The van der Waals surface area contributed by atoms with E-state index in [0.717, 1.165) is 17.3 Å². The molecule has 96 valence electrons. The summed E-state index contributed by atoms with van der Waals surface area (Å²) >= 11 is 3.33. The summed E-state index contributed by atoms with van der Waals surface area (Å²) in [5, 5.41) is 0. The molecular formula is C13H15BrFN3. The second-order valence-corrected chi connectivity index (χ2v) is 5.12. The van der Waals surface area contributed by atoms with E-state index in [0.29, 0.717) is 17.1 Å². The summed E-state index contributed by atoms with van der Waals surface area (Å²) in [6.07, 6.45) is 3.46. The zero-order valence-electron chi connectivity index (χ0n) is 10.1. The average molecular weight is 312 g/mol. The number of nitrogens with two attached hydrogens (primary N) is 1. The lowest BCUT2D eigenvalue weighted by Gasteiger charge is -2.06. The van der Waals surface area contributed by atoms with Gasteiger partial charge in [0.1, 0.15) is 11.6 Å². The van der Waals surface area contributed by atoms with E-state index in [1.807, 2.05) is 0 Å². The lowest BCUT2D eigenvalue weighted by molar-refractivity contribution is 0.608. The molecule has 0 bridgehead atoms. The molecular weight excluding hydrogens is 297 g/mol. The quantitative estimate of drug-likeness (QED) is 0.903. The molecule has 1 aromatic heterocycles. The van der Waals surface area contributed by atoms with Crippen molar-refractivity contribution in [2.45, 2.75) is 25.8 Å². The molecule has 1 unspecified atom stereocenters. The Hall–Kier alpha value is -1.20. The Kier molecular flexibility index (Phi) is 4.14. The largest absolute Gasteiger partial charge is 0.341 e. The minimum atomic E-state index is -0.280. The van der Waals surface area contributed by atoms with Gasteiger partial charge in [0.15, 0.2) is 0 Å². The number of hydrogen-bond acceptors (Lipinski definition) is 2. The Bertz CT molecular complexity index is 539. The highest BCUT2D eigenvalue weighted by molar-refractivity contribution is 9.10. The van der Waals surface area contributed by atoms with Crippen molar-refractivity contribution in [2.24, 2.45) is 5.73 Å². The molecule has 0 aliphatic carbocycles. The summed E-state index contributed by atoms with van der Waals surface area (Å²) in [5.41, 5.74) is 7.11. The molecule has 0 aliphatic heterocycles. The molecule has 3 N–H and O–H groups in total. The second kappa shape index (κ2) is 5.63. The van der Waals surface area contributed by atoms with Crippen molar-refractivity contribution in [3.05, 3.63) is 40.5 Å². The van der Waals surface area contributed by atoms with E-state index in [2.05, 4.69) is 32.8 Å². The van der Waals surface area contributed by atoms with E-state index in [4.69, 9.17) is 5.73 Å². The summed E-state index contributed by atoms with van der Waals surface area (Å²) in [6.45, 7) is 2.07. The number of aromatic nitrogens is 2. The van der Waals surface area contributed by atoms with Crippen LogP contribution in [0.4, 0.5) is 4.39 Å². The highest BCUT2D eigenvalue weighted by Gasteiger charge is 2.12.